The molecule has 0 unspecified atom stereocenters. The molecule has 4 aromatic rings. The van der Waals surface area contributed by atoms with Crippen LogP contribution in [0.15, 0.2) is 59.5 Å². The molecule has 0 saturated heterocycles. The van der Waals surface area contributed by atoms with Crippen LogP contribution >= 0.6 is 0 Å². The molecule has 4 rings (SSSR count). The molecular weight excluding hydrogens is 266 g/mol. The summed E-state index contributed by atoms with van der Waals surface area (Å²) in [5.41, 5.74) is 1.61. The molecule has 0 bridgehead atoms. The predicted molar refractivity (Wildman–Crippen MR) is 67.2 cm³/mol. The number of nitrogens with zero attached hydrogens (tertiary/aromatic N) is 2. The monoisotopic (exact) mass is 273 g/mol. The van der Waals surface area contributed by atoms with Gasteiger partial charge in [-0.05, 0) is 24.3 Å². The normalized spacial score (nSPS) is 10.4. The molecule has 0 saturated carbocycles. The Kier molecular flexibility index (Phi) is 2.88. The number of pyridine rings is 2. The van der Waals surface area contributed by atoms with Gasteiger partial charge in [-0.3, -0.25) is 4.98 Å². The Morgan fingerprint density at radius 1 is 0.900 bits per heavy atom. The fourth-order valence-corrected chi connectivity index (χ4v) is 1.51. The Labute approximate surface area is 109 Å². The standard InChI is InChI=1S/C6H4N2O2.C6H3NO3/c9-6-8-5-4(10-6)2-1-3-7-5;8-6-9-4-2-1-3-7-5(4)10-6/h1-3H,(H,7,8,9);1-3H. The van der Waals surface area contributed by atoms with E-state index in [0.29, 0.717) is 16.8 Å². The van der Waals surface area contributed by atoms with Gasteiger partial charge in [0, 0.05) is 12.4 Å². The third kappa shape index (κ3) is 2.34. The first-order chi connectivity index (χ1) is 9.72. The Morgan fingerprint density at radius 2 is 1.65 bits per heavy atom. The zero-order chi connectivity index (χ0) is 13.9. The summed E-state index contributed by atoms with van der Waals surface area (Å²) in [6.07, 6.45) is 3.12. The van der Waals surface area contributed by atoms with Gasteiger partial charge in [0.25, 0.3) is 5.71 Å². The van der Waals surface area contributed by atoms with Crippen molar-refractivity contribution in [3.8, 4) is 0 Å². The van der Waals surface area contributed by atoms with E-state index < -0.39 is 11.6 Å². The molecule has 8 heteroatoms. The highest BCUT2D eigenvalue weighted by atomic mass is 16.6. The van der Waals surface area contributed by atoms with Crippen molar-refractivity contribution in [1.82, 2.24) is 15.0 Å². The van der Waals surface area contributed by atoms with Crippen LogP contribution < -0.4 is 11.6 Å². The molecule has 0 aliphatic rings. The number of oxazole rings is 1. The van der Waals surface area contributed by atoms with Crippen LogP contribution in [-0.4, -0.2) is 15.0 Å². The molecule has 0 atom stereocenters. The zero-order valence-corrected chi connectivity index (χ0v) is 9.90. The van der Waals surface area contributed by atoms with Crippen LogP contribution in [0.1, 0.15) is 0 Å². The summed E-state index contributed by atoms with van der Waals surface area (Å²) in [5.74, 6) is -1.18. The number of aromatic nitrogens is 3. The molecule has 0 aromatic carbocycles. The van der Waals surface area contributed by atoms with Crippen molar-refractivity contribution in [3.63, 3.8) is 0 Å². The molecule has 0 aliphatic carbocycles. The minimum absolute atomic E-state index is 0.243. The van der Waals surface area contributed by atoms with Crippen LogP contribution in [0.25, 0.3) is 22.5 Å². The van der Waals surface area contributed by atoms with Gasteiger partial charge in [-0.2, -0.15) is 0 Å². The van der Waals surface area contributed by atoms with Gasteiger partial charge < -0.3 is 13.3 Å². The number of H-pyrrole nitrogens is 1. The SMILES string of the molecule is O=c1[nH]c2ncccc2o1.O=c1oc2cccnc2o1. The highest BCUT2D eigenvalue weighted by molar-refractivity contribution is 5.66. The van der Waals surface area contributed by atoms with Crippen LogP contribution in [-0.2, 0) is 0 Å². The van der Waals surface area contributed by atoms with Crippen LogP contribution in [0.2, 0.25) is 0 Å². The third-order valence-electron chi connectivity index (χ3n) is 2.30. The molecule has 20 heavy (non-hydrogen) atoms. The van der Waals surface area contributed by atoms with Gasteiger partial charge in [0.05, 0.1) is 0 Å². The van der Waals surface area contributed by atoms with Crippen LogP contribution in [0.5, 0.6) is 0 Å². The Hall–Kier alpha value is -3.16. The van der Waals surface area contributed by atoms with Crippen molar-refractivity contribution < 1.29 is 13.3 Å². The molecule has 0 spiro atoms. The van der Waals surface area contributed by atoms with Crippen molar-refractivity contribution in [2.45, 2.75) is 0 Å². The van der Waals surface area contributed by atoms with Crippen molar-refractivity contribution in [2.75, 3.05) is 0 Å². The summed E-state index contributed by atoms with van der Waals surface area (Å²) < 4.78 is 13.8. The summed E-state index contributed by atoms with van der Waals surface area (Å²) >= 11 is 0. The van der Waals surface area contributed by atoms with E-state index in [-0.39, 0.29) is 5.71 Å². The minimum Gasteiger partial charge on any atom is -0.406 e. The van der Waals surface area contributed by atoms with Crippen molar-refractivity contribution in [2.24, 2.45) is 0 Å². The maximum absolute atomic E-state index is 10.5. The van der Waals surface area contributed by atoms with Gasteiger partial charge in [-0.1, -0.05) is 0 Å². The van der Waals surface area contributed by atoms with E-state index in [1.165, 1.54) is 6.20 Å². The number of aromatic amines is 1. The van der Waals surface area contributed by atoms with Gasteiger partial charge in [-0.15, -0.1) is 0 Å². The smallest absolute Gasteiger partial charge is 0.406 e. The molecule has 0 amide bonds. The van der Waals surface area contributed by atoms with E-state index in [0.717, 1.165) is 0 Å². The molecule has 100 valence electrons. The van der Waals surface area contributed by atoms with Gasteiger partial charge in [0.1, 0.15) is 0 Å². The van der Waals surface area contributed by atoms with Gasteiger partial charge in [-0.25, -0.2) is 19.6 Å². The first-order valence-corrected chi connectivity index (χ1v) is 5.51. The molecular formula is C12H7N3O5. The zero-order valence-electron chi connectivity index (χ0n) is 9.90. The van der Waals surface area contributed by atoms with Crippen LogP contribution in [0.4, 0.5) is 0 Å². The second kappa shape index (κ2) is 4.84. The van der Waals surface area contributed by atoms with Crippen LogP contribution in [0.3, 0.4) is 0 Å². The average Bonchev–Trinajstić information content (AvgIpc) is 2.99. The fraction of sp³-hybridized carbons (Fsp3) is 0. The lowest BCUT2D eigenvalue weighted by Gasteiger charge is -1.79. The molecule has 0 radical (unpaired) electrons. The summed E-state index contributed by atoms with van der Waals surface area (Å²) in [6.45, 7) is 0. The number of nitrogens with one attached hydrogen (secondary N) is 1. The molecule has 1 N–H and O–H groups in total. The first kappa shape index (κ1) is 11.9. The average molecular weight is 273 g/mol. The van der Waals surface area contributed by atoms with E-state index >= 15 is 0 Å². The Bertz CT molecular complexity index is 810. The number of fused-ring (bicyclic) bond motifs is 2. The lowest BCUT2D eigenvalue weighted by atomic mass is 10.5. The van der Waals surface area contributed by atoms with E-state index in [9.17, 15) is 9.59 Å². The molecule has 4 aromatic heterocycles. The number of hydrogen-bond acceptors (Lipinski definition) is 7. The second-order valence-electron chi connectivity index (χ2n) is 3.63. The predicted octanol–water partition coefficient (Wildman–Crippen LogP) is 1.30. The summed E-state index contributed by atoms with van der Waals surface area (Å²) in [4.78, 5) is 31.0. The van der Waals surface area contributed by atoms with Crippen molar-refractivity contribution in [1.29, 1.82) is 0 Å². The Balaban J connectivity index is 0.000000121. The first-order valence-electron chi connectivity index (χ1n) is 5.51. The summed E-state index contributed by atoms with van der Waals surface area (Å²) in [5, 5.41) is 0. The lowest BCUT2D eigenvalue weighted by Crippen LogP contribution is -1.93. The highest BCUT2D eigenvalue weighted by Gasteiger charge is 2.00. The van der Waals surface area contributed by atoms with Gasteiger partial charge >= 0.3 is 11.6 Å². The fourth-order valence-electron chi connectivity index (χ4n) is 1.51. The molecule has 8 nitrogen and oxygen atoms in total. The maximum Gasteiger partial charge on any atom is 0.521 e. The summed E-state index contributed by atoms with van der Waals surface area (Å²) in [7, 11) is 0. The Morgan fingerprint density at radius 3 is 2.40 bits per heavy atom. The topological polar surface area (TPSA) is 115 Å². The van der Waals surface area contributed by atoms with Crippen LogP contribution in [0, 0.1) is 0 Å². The van der Waals surface area contributed by atoms with E-state index in [1.807, 2.05) is 0 Å². The third-order valence-corrected chi connectivity index (χ3v) is 2.30. The lowest BCUT2D eigenvalue weighted by molar-refractivity contribution is 0.407. The van der Waals surface area contributed by atoms with E-state index in [2.05, 4.69) is 23.8 Å². The molecule has 0 aliphatic heterocycles. The number of hydrogen-bond donors (Lipinski definition) is 1. The highest BCUT2D eigenvalue weighted by Crippen LogP contribution is 2.05. The van der Waals surface area contributed by atoms with E-state index in [4.69, 9.17) is 4.42 Å². The summed E-state index contributed by atoms with van der Waals surface area (Å²) in [6, 6.07) is 6.67. The maximum atomic E-state index is 10.5. The molecule has 0 fully saturated rings. The van der Waals surface area contributed by atoms with Gasteiger partial charge in [0.2, 0.25) is 0 Å². The largest absolute Gasteiger partial charge is 0.521 e. The van der Waals surface area contributed by atoms with E-state index in [1.54, 1.807) is 30.5 Å². The minimum atomic E-state index is -0.714. The number of rotatable bonds is 0. The quantitative estimate of drug-likeness (QED) is 0.513. The molecule has 4 heterocycles. The van der Waals surface area contributed by atoms with Gasteiger partial charge in [0.15, 0.2) is 16.8 Å². The van der Waals surface area contributed by atoms with Crippen molar-refractivity contribution >= 4 is 22.5 Å². The second-order valence-corrected chi connectivity index (χ2v) is 3.63. The van der Waals surface area contributed by atoms with Crippen molar-refractivity contribution in [3.05, 3.63) is 57.8 Å².